The molecule has 2 saturated heterocycles. The summed E-state index contributed by atoms with van der Waals surface area (Å²) < 4.78 is 0. The van der Waals surface area contributed by atoms with Gasteiger partial charge in [-0.05, 0) is 43.4 Å². The lowest BCUT2D eigenvalue weighted by Crippen LogP contribution is -2.44. The number of carbonyl (C=O) groups excluding carboxylic acids is 1. The molecule has 130 valence electrons. The first-order valence-corrected chi connectivity index (χ1v) is 8.12. The molecule has 0 saturated carbocycles. The molecule has 4 rings (SSSR count). The van der Waals surface area contributed by atoms with Gasteiger partial charge in [-0.2, -0.15) is 0 Å². The van der Waals surface area contributed by atoms with Gasteiger partial charge in [0.2, 0.25) is 0 Å². The molecule has 0 atom stereocenters. The van der Waals surface area contributed by atoms with E-state index in [2.05, 4.69) is 10.3 Å². The number of pyridine rings is 1. The third kappa shape index (κ3) is 3.51. The Morgan fingerprint density at radius 2 is 1.79 bits per heavy atom. The van der Waals surface area contributed by atoms with Gasteiger partial charge in [-0.25, -0.2) is 4.98 Å². The molecule has 2 aliphatic rings. The number of amides is 1. The largest absolute Gasteiger partial charge is 0.337 e. The van der Waals surface area contributed by atoms with Gasteiger partial charge in [0.25, 0.3) is 5.91 Å². The number of nitrogens with one attached hydrogen (secondary N) is 1. The van der Waals surface area contributed by atoms with Crippen molar-refractivity contribution in [3.8, 4) is 0 Å². The van der Waals surface area contributed by atoms with Crippen LogP contribution in [0.15, 0.2) is 36.4 Å². The van der Waals surface area contributed by atoms with E-state index >= 15 is 0 Å². The summed E-state index contributed by atoms with van der Waals surface area (Å²) in [5.41, 5.74) is 1.90. The molecule has 1 aromatic carbocycles. The van der Waals surface area contributed by atoms with Crippen molar-refractivity contribution in [3.63, 3.8) is 0 Å². The first-order chi connectivity index (χ1) is 10.8. The van der Waals surface area contributed by atoms with Gasteiger partial charge in [0.05, 0.1) is 5.52 Å². The molecule has 0 bridgehead atoms. The molecule has 2 fully saturated rings. The molecule has 0 aliphatic carbocycles. The van der Waals surface area contributed by atoms with Gasteiger partial charge in [0.15, 0.2) is 0 Å². The zero-order chi connectivity index (χ0) is 15.0. The Morgan fingerprint density at radius 1 is 1.04 bits per heavy atom. The summed E-state index contributed by atoms with van der Waals surface area (Å²) in [5, 5.41) is 4.54. The fourth-order valence-electron chi connectivity index (χ4n) is 3.75. The van der Waals surface area contributed by atoms with Crippen molar-refractivity contribution in [2.75, 3.05) is 26.2 Å². The minimum Gasteiger partial charge on any atom is -0.337 e. The Balaban J connectivity index is 0.00000104. The molecule has 3 heterocycles. The Morgan fingerprint density at radius 3 is 2.50 bits per heavy atom. The molecular formula is C18H23Cl2N3O. The van der Waals surface area contributed by atoms with Gasteiger partial charge in [0.1, 0.15) is 5.69 Å². The highest BCUT2D eigenvalue weighted by atomic mass is 35.5. The second-order valence-corrected chi connectivity index (χ2v) is 6.61. The van der Waals surface area contributed by atoms with Crippen LogP contribution in [0.1, 0.15) is 29.8 Å². The quantitative estimate of drug-likeness (QED) is 0.840. The van der Waals surface area contributed by atoms with Gasteiger partial charge in [-0.15, -0.1) is 24.8 Å². The van der Waals surface area contributed by atoms with Crippen LogP contribution in [-0.2, 0) is 0 Å². The molecule has 1 spiro atoms. The number of piperidine rings is 1. The topological polar surface area (TPSA) is 45.2 Å². The third-order valence-electron chi connectivity index (χ3n) is 5.26. The first kappa shape index (κ1) is 19.0. The van der Waals surface area contributed by atoms with E-state index in [9.17, 15) is 4.79 Å². The number of likely N-dealkylation sites (tertiary alicyclic amines) is 1. The maximum absolute atomic E-state index is 12.7. The summed E-state index contributed by atoms with van der Waals surface area (Å²) >= 11 is 0. The van der Waals surface area contributed by atoms with Crippen LogP contribution in [0.5, 0.6) is 0 Å². The number of hydrogen-bond acceptors (Lipinski definition) is 3. The number of rotatable bonds is 1. The molecule has 24 heavy (non-hydrogen) atoms. The number of fused-ring (bicyclic) bond motifs is 1. The Bertz CT molecular complexity index is 706. The summed E-state index contributed by atoms with van der Waals surface area (Å²) in [4.78, 5) is 19.2. The fraction of sp³-hybridized carbons (Fsp3) is 0.444. The maximum Gasteiger partial charge on any atom is 0.272 e. The number of para-hydroxylation sites is 1. The Hall–Kier alpha value is -1.36. The number of benzene rings is 1. The number of halogens is 2. The third-order valence-corrected chi connectivity index (χ3v) is 5.26. The summed E-state index contributed by atoms with van der Waals surface area (Å²) in [6.07, 6.45) is 3.47. The number of hydrogen-bond donors (Lipinski definition) is 1. The predicted molar refractivity (Wildman–Crippen MR) is 101 cm³/mol. The lowest BCUT2D eigenvalue weighted by Gasteiger charge is -2.38. The van der Waals surface area contributed by atoms with Crippen LogP contribution in [0.25, 0.3) is 10.9 Å². The van der Waals surface area contributed by atoms with Gasteiger partial charge in [0, 0.05) is 25.0 Å². The Kier molecular flexibility index (Phi) is 6.07. The summed E-state index contributed by atoms with van der Waals surface area (Å²) in [6, 6.07) is 11.8. The first-order valence-electron chi connectivity index (χ1n) is 8.12. The van der Waals surface area contributed by atoms with Crippen LogP contribution in [0.4, 0.5) is 0 Å². The van der Waals surface area contributed by atoms with E-state index in [-0.39, 0.29) is 30.7 Å². The lowest BCUT2D eigenvalue weighted by molar-refractivity contribution is 0.0602. The van der Waals surface area contributed by atoms with E-state index < -0.39 is 0 Å². The lowest BCUT2D eigenvalue weighted by atomic mass is 9.78. The molecule has 2 aromatic rings. The molecule has 1 N–H and O–H groups in total. The summed E-state index contributed by atoms with van der Waals surface area (Å²) in [5.74, 6) is 0.0755. The van der Waals surface area contributed by atoms with Gasteiger partial charge in [-0.3, -0.25) is 4.79 Å². The van der Waals surface area contributed by atoms with Crippen LogP contribution < -0.4 is 5.32 Å². The molecule has 0 radical (unpaired) electrons. The summed E-state index contributed by atoms with van der Waals surface area (Å²) in [7, 11) is 0. The molecule has 0 unspecified atom stereocenters. The van der Waals surface area contributed by atoms with Crippen molar-refractivity contribution in [1.82, 2.24) is 15.2 Å². The zero-order valence-electron chi connectivity index (χ0n) is 13.5. The molecule has 6 heteroatoms. The van der Waals surface area contributed by atoms with Crippen LogP contribution in [0, 0.1) is 5.41 Å². The van der Waals surface area contributed by atoms with E-state index in [1.54, 1.807) is 0 Å². The van der Waals surface area contributed by atoms with Gasteiger partial charge >= 0.3 is 0 Å². The second-order valence-electron chi connectivity index (χ2n) is 6.61. The number of carbonyl (C=O) groups is 1. The van der Waals surface area contributed by atoms with E-state index in [1.807, 2.05) is 41.3 Å². The minimum atomic E-state index is 0. The normalized spacial score (nSPS) is 18.9. The van der Waals surface area contributed by atoms with E-state index in [0.717, 1.165) is 49.9 Å². The molecular weight excluding hydrogens is 345 g/mol. The minimum absolute atomic E-state index is 0. The highest BCUT2D eigenvalue weighted by molar-refractivity contribution is 5.95. The zero-order valence-corrected chi connectivity index (χ0v) is 15.2. The second kappa shape index (κ2) is 7.68. The smallest absolute Gasteiger partial charge is 0.272 e. The molecule has 2 aliphatic heterocycles. The van der Waals surface area contributed by atoms with Gasteiger partial charge in [-0.1, -0.05) is 24.3 Å². The number of nitrogens with zero attached hydrogens (tertiary/aromatic N) is 2. The van der Waals surface area contributed by atoms with Crippen molar-refractivity contribution in [1.29, 1.82) is 0 Å². The van der Waals surface area contributed by atoms with Crippen molar-refractivity contribution in [2.45, 2.75) is 19.3 Å². The number of aromatic nitrogens is 1. The molecule has 4 nitrogen and oxygen atoms in total. The van der Waals surface area contributed by atoms with Crippen LogP contribution in [-0.4, -0.2) is 42.0 Å². The van der Waals surface area contributed by atoms with Gasteiger partial charge < -0.3 is 10.2 Å². The molecule has 1 amide bonds. The summed E-state index contributed by atoms with van der Waals surface area (Å²) in [6.45, 7) is 3.95. The standard InChI is InChI=1S/C18H21N3O.2ClH/c22-17(16-6-5-14-3-1-2-4-15(14)20-16)21-11-8-18(9-12-21)7-10-19-13-18;;/h1-6,19H,7-13H2;2*1H. The van der Waals surface area contributed by atoms with Crippen molar-refractivity contribution in [3.05, 3.63) is 42.1 Å². The highest BCUT2D eigenvalue weighted by Crippen LogP contribution is 2.37. The average Bonchev–Trinajstić information content (AvgIpc) is 3.02. The SMILES string of the molecule is Cl.Cl.O=C(c1ccc2ccccc2n1)N1CCC2(CCNC2)CC1. The van der Waals surface area contributed by atoms with E-state index in [4.69, 9.17) is 0 Å². The van der Waals surface area contributed by atoms with Crippen molar-refractivity contribution in [2.24, 2.45) is 5.41 Å². The maximum atomic E-state index is 12.7. The van der Waals surface area contributed by atoms with Crippen molar-refractivity contribution >= 4 is 41.6 Å². The Labute approximate surface area is 154 Å². The average molecular weight is 368 g/mol. The monoisotopic (exact) mass is 367 g/mol. The van der Waals surface area contributed by atoms with Crippen LogP contribution in [0.2, 0.25) is 0 Å². The fourth-order valence-corrected chi connectivity index (χ4v) is 3.75. The highest BCUT2D eigenvalue weighted by Gasteiger charge is 2.38. The van der Waals surface area contributed by atoms with Crippen LogP contribution >= 0.6 is 24.8 Å². The van der Waals surface area contributed by atoms with Crippen molar-refractivity contribution < 1.29 is 4.79 Å². The predicted octanol–water partition coefficient (Wildman–Crippen LogP) is 3.29. The van der Waals surface area contributed by atoms with E-state index in [1.165, 1.54) is 6.42 Å². The molecule has 1 aromatic heterocycles. The van der Waals surface area contributed by atoms with Crippen LogP contribution in [0.3, 0.4) is 0 Å². The van der Waals surface area contributed by atoms with E-state index in [0.29, 0.717) is 11.1 Å².